The lowest BCUT2D eigenvalue weighted by Crippen LogP contribution is -2.72. The van der Waals surface area contributed by atoms with Crippen LogP contribution in [0.2, 0.25) is 0 Å². The number of benzene rings is 4. The van der Waals surface area contributed by atoms with E-state index in [0.29, 0.717) is 55.8 Å². The average molecular weight is 1000 g/mol. The predicted molar refractivity (Wildman–Crippen MR) is 248 cm³/mol. The van der Waals surface area contributed by atoms with Crippen LogP contribution in [-0.2, 0) is 38.7 Å². The van der Waals surface area contributed by atoms with Gasteiger partial charge in [-0.25, -0.2) is 13.6 Å². The van der Waals surface area contributed by atoms with Gasteiger partial charge < -0.3 is 28.8 Å². The Balaban J connectivity index is 0.000000420. The highest BCUT2D eigenvalue weighted by Crippen LogP contribution is 2.63. The first-order chi connectivity index (χ1) is 32.2. The predicted octanol–water partition coefficient (Wildman–Crippen LogP) is 9.97. The van der Waals surface area contributed by atoms with Crippen molar-refractivity contribution in [2.75, 3.05) is 26.7 Å². The van der Waals surface area contributed by atoms with Crippen molar-refractivity contribution >= 4 is 58.8 Å². The summed E-state index contributed by atoms with van der Waals surface area (Å²) in [5.74, 6) is -3.98. The van der Waals surface area contributed by atoms with E-state index in [0.717, 1.165) is 52.8 Å². The number of rotatable bonds is 16. The van der Waals surface area contributed by atoms with Crippen LogP contribution in [0.3, 0.4) is 0 Å². The monoisotopic (exact) mass is 1000 g/mol. The molecule has 0 bridgehead atoms. The van der Waals surface area contributed by atoms with E-state index >= 15 is 4.79 Å². The molecule has 2 saturated heterocycles. The summed E-state index contributed by atoms with van der Waals surface area (Å²) in [6.07, 6.45) is 2.73. The zero-order chi connectivity index (χ0) is 49.1. The minimum absolute atomic E-state index is 0.0130. The van der Waals surface area contributed by atoms with Gasteiger partial charge in [-0.3, -0.25) is 14.5 Å². The Morgan fingerprint density at radius 1 is 0.971 bits per heavy atom. The lowest BCUT2D eigenvalue weighted by Gasteiger charge is -2.58. The molecule has 2 aliphatic heterocycles. The molecule has 1 saturated carbocycles. The standard InChI is InChI=1S/C41H43Cl3F3N3O4.C8H7NO5/c1-24-8-5-6-10-27(24)21-49(28-15-16-28)37(51)33-29(26-13-11-25(12-14-26)9-7-19-53-35-31(46)18-17-30(45)34(35)47)20-40-23-48(4)22-32(40)50(36(33)40)38(52)54-39(2,3)41(42,43)44;10-6-13-8-3-1-2-7(4-8)5-14-9(11)12/h5-6,8,10-14,17-18,28,32,36H,7,9,15-16,19-23H2,1-4H3;1-4,6H,5H2. The summed E-state index contributed by atoms with van der Waals surface area (Å²) in [5, 5.41) is 9.00. The molecule has 13 nitrogen and oxygen atoms in total. The number of nitrogens with zero attached hydrogens (tertiary/aromatic N) is 4. The van der Waals surface area contributed by atoms with Gasteiger partial charge in [0.25, 0.3) is 17.5 Å². The van der Waals surface area contributed by atoms with Gasteiger partial charge in [-0.2, -0.15) is 4.39 Å². The van der Waals surface area contributed by atoms with Crippen molar-refractivity contribution in [1.29, 1.82) is 0 Å². The van der Waals surface area contributed by atoms with E-state index in [1.54, 1.807) is 36.9 Å². The zero-order valence-electron chi connectivity index (χ0n) is 37.7. The Morgan fingerprint density at radius 2 is 1.68 bits per heavy atom. The lowest BCUT2D eigenvalue weighted by atomic mass is 9.66. The Hall–Kier alpha value is -5.55. The number of likely N-dealkylation sites (N-methyl/N-ethyl adjacent to an activating group) is 1. The van der Waals surface area contributed by atoms with Crippen LogP contribution in [-0.4, -0.2) is 92.5 Å². The highest BCUT2D eigenvalue weighted by atomic mass is 35.6. The van der Waals surface area contributed by atoms with E-state index in [2.05, 4.69) is 14.5 Å². The van der Waals surface area contributed by atoms with Crippen LogP contribution in [0.25, 0.3) is 5.57 Å². The molecule has 362 valence electrons. The summed E-state index contributed by atoms with van der Waals surface area (Å²) in [6.45, 7) is 7.00. The van der Waals surface area contributed by atoms with Crippen LogP contribution < -0.4 is 9.47 Å². The molecule has 4 aromatic rings. The molecular weight excluding hydrogens is 952 g/mol. The maximum Gasteiger partial charge on any atom is 0.411 e. The first-order valence-electron chi connectivity index (χ1n) is 21.9. The normalized spacial score (nSPS) is 19.8. The molecule has 4 aromatic carbocycles. The molecule has 1 spiro atoms. The number of hydrogen-bond donors (Lipinski definition) is 0. The van der Waals surface area contributed by atoms with Gasteiger partial charge in [0.1, 0.15) is 12.4 Å². The maximum absolute atomic E-state index is 15.1. The van der Waals surface area contributed by atoms with Gasteiger partial charge in [0, 0.05) is 36.7 Å². The number of amides is 2. The molecule has 2 amide bonds. The first kappa shape index (κ1) is 50.3. The second kappa shape index (κ2) is 20.6. The van der Waals surface area contributed by atoms with Crippen LogP contribution in [0.15, 0.2) is 90.5 Å². The molecule has 3 atom stereocenters. The number of alkyl halides is 3. The van der Waals surface area contributed by atoms with Crippen LogP contribution in [0.5, 0.6) is 11.5 Å². The number of ether oxygens (including phenoxy) is 3. The second-order valence-corrected chi connectivity index (χ2v) is 20.3. The summed E-state index contributed by atoms with van der Waals surface area (Å²) in [4.78, 5) is 59.1. The fourth-order valence-corrected chi connectivity index (χ4v) is 9.36. The maximum atomic E-state index is 15.1. The second-order valence-electron chi connectivity index (χ2n) is 18.0. The van der Waals surface area contributed by atoms with Crippen LogP contribution in [0.1, 0.15) is 67.3 Å². The molecule has 0 aromatic heterocycles. The molecule has 2 heterocycles. The number of hydrogen-bond acceptors (Lipinski definition) is 10. The summed E-state index contributed by atoms with van der Waals surface area (Å²) >= 11 is 18.7. The largest absolute Gasteiger partial charge is 0.488 e. The van der Waals surface area contributed by atoms with Crippen LogP contribution in [0.4, 0.5) is 18.0 Å². The topological polar surface area (TPSA) is 141 Å². The van der Waals surface area contributed by atoms with Crippen molar-refractivity contribution in [1.82, 2.24) is 14.7 Å². The van der Waals surface area contributed by atoms with Gasteiger partial charge >= 0.3 is 6.09 Å². The third-order valence-electron chi connectivity index (χ3n) is 12.9. The average Bonchev–Trinajstić information content (AvgIpc) is 4.04. The minimum atomic E-state index is -1.89. The van der Waals surface area contributed by atoms with Gasteiger partial charge in [-0.1, -0.05) is 95.5 Å². The van der Waals surface area contributed by atoms with Crippen molar-refractivity contribution in [3.63, 3.8) is 0 Å². The van der Waals surface area contributed by atoms with Crippen molar-refractivity contribution in [2.24, 2.45) is 5.41 Å². The van der Waals surface area contributed by atoms with Gasteiger partial charge in [-0.15, -0.1) is 10.1 Å². The Labute approximate surface area is 406 Å². The van der Waals surface area contributed by atoms with Crippen molar-refractivity contribution in [3.05, 3.63) is 146 Å². The van der Waals surface area contributed by atoms with E-state index in [1.807, 2.05) is 67.4 Å². The molecule has 0 radical (unpaired) electrons. The third-order valence-corrected chi connectivity index (χ3v) is 14.2. The molecule has 0 N–H and O–H groups in total. The SMILES string of the molecule is Cc1ccccc1CN(C(=O)C1=C(c2ccc(CCCOc3c(F)ccc(F)c3F)cc2)CC23CN(C)CC2N(C(=O)OC(C)(C)C(Cl)(Cl)Cl)C13)C1CC1.O=COc1cccc(CO[N+](=O)[O-])c1. The van der Waals surface area contributed by atoms with Crippen molar-refractivity contribution in [2.45, 2.75) is 93.5 Å². The Morgan fingerprint density at radius 3 is 2.34 bits per heavy atom. The molecule has 19 heteroatoms. The summed E-state index contributed by atoms with van der Waals surface area (Å²) in [5.41, 5.74) is 4.17. The summed E-state index contributed by atoms with van der Waals surface area (Å²) in [7, 11) is 2.02. The Kier molecular flexibility index (Phi) is 15.2. The zero-order valence-corrected chi connectivity index (χ0v) is 40.0. The molecule has 3 unspecified atom stereocenters. The fourth-order valence-electron chi connectivity index (χ4n) is 9.24. The van der Waals surface area contributed by atoms with E-state index < -0.39 is 55.2 Å². The third kappa shape index (κ3) is 10.8. The lowest BCUT2D eigenvalue weighted by molar-refractivity contribution is -0.763. The number of likely N-dealkylation sites (tertiary alicyclic amines) is 2. The summed E-state index contributed by atoms with van der Waals surface area (Å²) in [6, 6.07) is 23.1. The number of allylic oxidation sites excluding steroid dienone is 1. The van der Waals surface area contributed by atoms with Gasteiger partial charge in [-0.05, 0) is 118 Å². The van der Waals surface area contributed by atoms with Crippen LogP contribution in [0, 0.1) is 39.9 Å². The number of carbonyl (C=O) groups excluding carboxylic acids is 3. The van der Waals surface area contributed by atoms with Gasteiger partial charge in [0.05, 0.1) is 18.7 Å². The Bertz CT molecular complexity index is 2580. The van der Waals surface area contributed by atoms with Crippen LogP contribution >= 0.6 is 34.8 Å². The molecule has 3 fully saturated rings. The number of carbonyl (C=O) groups is 3. The highest BCUT2D eigenvalue weighted by Gasteiger charge is 2.72. The minimum Gasteiger partial charge on any atom is -0.488 e. The van der Waals surface area contributed by atoms with E-state index in [-0.39, 0.29) is 37.7 Å². The first-order valence-corrected chi connectivity index (χ1v) is 23.0. The fraction of sp³-hybridized carbons (Fsp3) is 0.408. The van der Waals surface area contributed by atoms with E-state index in [9.17, 15) is 32.9 Å². The van der Waals surface area contributed by atoms with E-state index in [1.165, 1.54) is 6.07 Å². The molecule has 8 rings (SSSR count). The molecule has 2 aliphatic carbocycles. The van der Waals surface area contributed by atoms with Gasteiger partial charge in [0.15, 0.2) is 23.0 Å². The molecule has 68 heavy (non-hydrogen) atoms. The van der Waals surface area contributed by atoms with Crippen molar-refractivity contribution in [3.8, 4) is 11.5 Å². The van der Waals surface area contributed by atoms with Gasteiger partial charge in [0.2, 0.25) is 9.61 Å². The number of halogens is 6. The highest BCUT2D eigenvalue weighted by molar-refractivity contribution is 6.68. The number of aryl methyl sites for hydroxylation is 2. The smallest absolute Gasteiger partial charge is 0.411 e. The van der Waals surface area contributed by atoms with E-state index in [4.69, 9.17) is 44.3 Å². The quantitative estimate of drug-likeness (QED) is 0.0266. The molecular formula is C49H50Cl3F3N4O9. The summed E-state index contributed by atoms with van der Waals surface area (Å²) < 4.78 is 55.5. The van der Waals surface area contributed by atoms with Crippen molar-refractivity contribution < 1.29 is 51.7 Å². The molecule has 4 aliphatic rings.